The lowest BCUT2D eigenvalue weighted by atomic mass is 10.1. The molecule has 3 heterocycles. The van der Waals surface area contributed by atoms with Crippen LogP contribution >= 0.6 is 11.3 Å². The number of halogens is 1. The Morgan fingerprint density at radius 3 is 2.93 bits per heavy atom. The second-order valence-electron chi connectivity index (χ2n) is 5.64. The van der Waals surface area contributed by atoms with Crippen LogP contribution in [0.4, 0.5) is 4.39 Å². The molecule has 11 heteroatoms. The summed E-state index contributed by atoms with van der Waals surface area (Å²) in [5.74, 6) is 0.128. The number of pyridine rings is 1. The minimum Gasteiger partial charge on any atom is -0.474 e. The largest absolute Gasteiger partial charge is 0.474 e. The van der Waals surface area contributed by atoms with Gasteiger partial charge in [-0.25, -0.2) is 9.37 Å². The highest BCUT2D eigenvalue weighted by molar-refractivity contribution is 7.20. The fraction of sp³-hybridized carbons (Fsp3) is 0.167. The van der Waals surface area contributed by atoms with E-state index in [1.165, 1.54) is 37.1 Å². The monoisotopic (exact) mass is 415 g/mol. The van der Waals surface area contributed by atoms with Gasteiger partial charge >= 0.3 is 0 Å². The summed E-state index contributed by atoms with van der Waals surface area (Å²) in [6.45, 7) is 0. The normalized spacial score (nSPS) is 12.4. The zero-order valence-electron chi connectivity index (χ0n) is 15.3. The molecule has 4 rings (SSSR count). The van der Waals surface area contributed by atoms with Crippen molar-refractivity contribution in [3.63, 3.8) is 0 Å². The Morgan fingerprint density at radius 1 is 1.28 bits per heavy atom. The molecule has 0 saturated heterocycles. The Morgan fingerprint density at radius 2 is 2.17 bits per heavy atom. The molecule has 4 aromatic rings. The third kappa shape index (κ3) is 3.99. The summed E-state index contributed by atoms with van der Waals surface area (Å²) in [6.07, 6.45) is 2.62. The molecular weight excluding hydrogens is 401 g/mol. The second kappa shape index (κ2) is 8.19. The van der Waals surface area contributed by atoms with Crippen LogP contribution in [0.5, 0.6) is 10.9 Å². The van der Waals surface area contributed by atoms with Gasteiger partial charge in [0.1, 0.15) is 18.7 Å². The maximum Gasteiger partial charge on any atom is 0.274 e. The van der Waals surface area contributed by atoms with Crippen LogP contribution in [0.15, 0.2) is 46.4 Å². The van der Waals surface area contributed by atoms with Crippen molar-refractivity contribution in [2.75, 3.05) is 14.2 Å². The Bertz CT molecular complexity index is 1150. The first-order valence-electron chi connectivity index (χ1n) is 8.27. The number of methoxy groups -OCH3 is 1. The first kappa shape index (κ1) is 18.7. The Kier molecular flexibility index (Phi) is 5.29. The van der Waals surface area contributed by atoms with Crippen LogP contribution in [-0.4, -0.2) is 40.6 Å². The van der Waals surface area contributed by atoms with Crippen LogP contribution in [-0.2, 0) is 4.84 Å². The predicted molar refractivity (Wildman–Crippen MR) is 102 cm³/mol. The van der Waals surface area contributed by atoms with E-state index in [1.807, 2.05) is 12.1 Å². The molecule has 0 N–H and O–H groups in total. The number of ether oxygens (including phenoxy) is 2. The number of hydrogen-bond donors (Lipinski definition) is 0. The van der Waals surface area contributed by atoms with Crippen LogP contribution in [0.25, 0.3) is 10.2 Å². The Labute approximate surface area is 167 Å². The van der Waals surface area contributed by atoms with Gasteiger partial charge in [0.25, 0.3) is 11.1 Å². The van der Waals surface area contributed by atoms with Crippen LogP contribution in [0.2, 0.25) is 0 Å². The van der Waals surface area contributed by atoms with Gasteiger partial charge in [0.05, 0.1) is 35.4 Å². The van der Waals surface area contributed by atoms with Crippen molar-refractivity contribution in [1.29, 1.82) is 0 Å². The fourth-order valence-electron chi connectivity index (χ4n) is 2.54. The number of hydrogen-bond acceptors (Lipinski definition) is 10. The molecule has 0 aliphatic rings. The van der Waals surface area contributed by atoms with Gasteiger partial charge in [0.15, 0.2) is 0 Å². The van der Waals surface area contributed by atoms with Crippen molar-refractivity contribution in [1.82, 2.24) is 20.2 Å². The highest BCUT2D eigenvalue weighted by Gasteiger charge is 2.24. The molecule has 29 heavy (non-hydrogen) atoms. The van der Waals surface area contributed by atoms with Gasteiger partial charge in [-0.1, -0.05) is 16.5 Å². The molecule has 0 amide bonds. The smallest absolute Gasteiger partial charge is 0.274 e. The van der Waals surface area contributed by atoms with Gasteiger partial charge in [-0.15, -0.1) is 10.2 Å². The molecular formula is C18H14FN5O4S. The molecule has 1 aromatic carbocycles. The minimum absolute atomic E-state index is 0.167. The van der Waals surface area contributed by atoms with E-state index in [4.69, 9.17) is 13.9 Å². The molecule has 0 saturated carbocycles. The molecule has 148 valence electrons. The number of benzene rings is 1. The summed E-state index contributed by atoms with van der Waals surface area (Å²) in [5, 5.41) is 11.8. The van der Waals surface area contributed by atoms with Crippen LogP contribution < -0.4 is 9.47 Å². The van der Waals surface area contributed by atoms with Gasteiger partial charge in [0, 0.05) is 5.56 Å². The van der Waals surface area contributed by atoms with E-state index in [0.29, 0.717) is 16.6 Å². The topological polar surface area (TPSA) is 105 Å². The van der Waals surface area contributed by atoms with Gasteiger partial charge in [-0.05, 0) is 24.3 Å². The lowest BCUT2D eigenvalue weighted by molar-refractivity contribution is 0.203. The number of oxime groups is 1. The summed E-state index contributed by atoms with van der Waals surface area (Å²) in [6, 6.07) is 6.85. The third-order valence-electron chi connectivity index (χ3n) is 3.84. The molecule has 1 atom stereocenters. The van der Waals surface area contributed by atoms with Crippen molar-refractivity contribution >= 4 is 27.8 Å². The molecule has 0 spiro atoms. The number of rotatable bonds is 7. The van der Waals surface area contributed by atoms with E-state index >= 15 is 0 Å². The third-order valence-corrected chi connectivity index (χ3v) is 4.82. The highest BCUT2D eigenvalue weighted by atomic mass is 32.1. The number of fused-ring (bicyclic) bond motifs is 1. The van der Waals surface area contributed by atoms with E-state index in [2.05, 4.69) is 30.2 Å². The van der Waals surface area contributed by atoms with Crippen LogP contribution in [0.3, 0.4) is 0 Å². The van der Waals surface area contributed by atoms with E-state index in [1.54, 1.807) is 13.2 Å². The summed E-state index contributed by atoms with van der Waals surface area (Å²) in [4.78, 5) is 13.1. The van der Waals surface area contributed by atoms with Crippen molar-refractivity contribution in [3.05, 3.63) is 59.8 Å². The van der Waals surface area contributed by atoms with Crippen molar-refractivity contribution in [3.8, 4) is 10.9 Å². The van der Waals surface area contributed by atoms with E-state index in [9.17, 15) is 4.39 Å². The van der Waals surface area contributed by atoms with E-state index in [0.717, 1.165) is 16.4 Å². The van der Waals surface area contributed by atoms with Crippen molar-refractivity contribution < 1.29 is 23.1 Å². The zero-order chi connectivity index (χ0) is 20.2. The lowest BCUT2D eigenvalue weighted by Crippen LogP contribution is -2.13. The molecule has 0 aliphatic carbocycles. The fourth-order valence-corrected chi connectivity index (χ4v) is 3.35. The summed E-state index contributed by atoms with van der Waals surface area (Å²) < 4.78 is 31.5. The van der Waals surface area contributed by atoms with Gasteiger partial charge in [-0.3, -0.25) is 4.98 Å². The average Bonchev–Trinajstić information content (AvgIpc) is 3.40. The first-order valence-corrected chi connectivity index (χ1v) is 9.09. The quantitative estimate of drug-likeness (QED) is 0.334. The van der Waals surface area contributed by atoms with Gasteiger partial charge in [-0.2, -0.15) is 0 Å². The van der Waals surface area contributed by atoms with E-state index < -0.39 is 11.9 Å². The number of aromatic nitrogens is 4. The lowest BCUT2D eigenvalue weighted by Gasteiger charge is -2.16. The van der Waals surface area contributed by atoms with Gasteiger partial charge in [0.2, 0.25) is 12.5 Å². The SMILES string of the molecule is CO/N=C/c1cc(C(Oc2ccc3nc(OC)sc3c2)c2nnco2)ncc1F. The average molecular weight is 415 g/mol. The Hall–Kier alpha value is -3.60. The molecule has 0 radical (unpaired) electrons. The van der Waals surface area contributed by atoms with Gasteiger partial charge < -0.3 is 18.7 Å². The standard InChI is InChI=1S/C18H14FN5O4S/c1-25-18-23-13-4-3-11(6-15(13)29-18)28-16(17-24-21-9-27-17)14-5-10(7-22-26-2)12(19)8-20-14/h3-9,16H,1-2H3/b22-7+. The molecule has 0 fully saturated rings. The maximum atomic E-state index is 14.0. The molecule has 9 nitrogen and oxygen atoms in total. The number of nitrogens with zero attached hydrogens (tertiary/aromatic N) is 5. The highest BCUT2D eigenvalue weighted by Crippen LogP contribution is 2.33. The summed E-state index contributed by atoms with van der Waals surface area (Å²) in [7, 11) is 2.93. The molecule has 1 unspecified atom stereocenters. The molecule has 3 aromatic heterocycles. The molecule has 0 bridgehead atoms. The maximum absolute atomic E-state index is 14.0. The summed E-state index contributed by atoms with van der Waals surface area (Å²) in [5.41, 5.74) is 1.31. The van der Waals surface area contributed by atoms with Crippen molar-refractivity contribution in [2.45, 2.75) is 6.10 Å². The summed E-state index contributed by atoms with van der Waals surface area (Å²) >= 11 is 1.38. The molecule has 0 aliphatic heterocycles. The van der Waals surface area contributed by atoms with Crippen LogP contribution in [0, 0.1) is 5.82 Å². The minimum atomic E-state index is -0.861. The van der Waals surface area contributed by atoms with Crippen molar-refractivity contribution in [2.24, 2.45) is 5.16 Å². The predicted octanol–water partition coefficient (Wildman–Crippen LogP) is 3.37. The van der Waals surface area contributed by atoms with E-state index in [-0.39, 0.29) is 11.5 Å². The zero-order valence-corrected chi connectivity index (χ0v) is 16.1. The Balaban J connectivity index is 1.71. The number of thiazole rings is 1. The first-order chi connectivity index (χ1) is 14.2. The second-order valence-corrected chi connectivity index (χ2v) is 6.63. The van der Waals surface area contributed by atoms with Crippen LogP contribution in [0.1, 0.15) is 23.3 Å².